The van der Waals surface area contributed by atoms with E-state index in [0.29, 0.717) is 5.41 Å². The van der Waals surface area contributed by atoms with E-state index in [0.717, 1.165) is 25.9 Å². The van der Waals surface area contributed by atoms with Crippen LogP contribution < -0.4 is 0 Å². The molecule has 1 rings (SSSR count). The highest BCUT2D eigenvalue weighted by Gasteiger charge is 2.33. The Labute approximate surface area is 104 Å². The summed E-state index contributed by atoms with van der Waals surface area (Å²) in [7, 11) is 0. The van der Waals surface area contributed by atoms with E-state index in [1.54, 1.807) is 11.8 Å². The van der Waals surface area contributed by atoms with Crippen molar-refractivity contribution in [3.05, 3.63) is 0 Å². The van der Waals surface area contributed by atoms with Crippen molar-refractivity contribution >= 4 is 11.8 Å². The highest BCUT2D eigenvalue weighted by molar-refractivity contribution is 8.00. The minimum absolute atomic E-state index is 0.0990. The first-order valence-electron chi connectivity index (χ1n) is 6.10. The van der Waals surface area contributed by atoms with Crippen LogP contribution in [0.4, 0.5) is 0 Å². The van der Waals surface area contributed by atoms with Gasteiger partial charge in [-0.15, -0.1) is 11.8 Å². The molecular weight excluding hydrogens is 216 g/mol. The summed E-state index contributed by atoms with van der Waals surface area (Å²) in [6.45, 7) is 10.2. The van der Waals surface area contributed by atoms with Gasteiger partial charge in [-0.1, -0.05) is 20.8 Å². The maximum Gasteiger partial charge on any atom is 0.104 e. The molecule has 0 bridgehead atoms. The van der Waals surface area contributed by atoms with Gasteiger partial charge in [-0.25, -0.2) is 0 Å². The third kappa shape index (κ3) is 3.99. The molecule has 0 radical (unpaired) electrons. The van der Waals surface area contributed by atoms with E-state index < -0.39 is 0 Å². The Balaban J connectivity index is 2.36. The minimum atomic E-state index is -0.0990. The Morgan fingerprint density at radius 2 is 1.88 bits per heavy atom. The number of likely N-dealkylation sites (tertiary alicyclic amines) is 1. The molecule has 1 aliphatic heterocycles. The SMILES string of the molecule is CSC1(C#N)CCN(CCC(C)(C)C)CC1. The van der Waals surface area contributed by atoms with Crippen LogP contribution in [-0.4, -0.2) is 35.5 Å². The number of rotatable bonds is 3. The van der Waals surface area contributed by atoms with Crippen LogP contribution in [0.15, 0.2) is 0 Å². The molecule has 2 nitrogen and oxygen atoms in total. The van der Waals surface area contributed by atoms with E-state index in [9.17, 15) is 5.26 Å². The second-order valence-corrected chi connectivity index (χ2v) is 7.15. The average Bonchev–Trinajstić information content (AvgIpc) is 2.26. The lowest BCUT2D eigenvalue weighted by Crippen LogP contribution is -2.42. The number of nitrogens with zero attached hydrogens (tertiary/aromatic N) is 2. The van der Waals surface area contributed by atoms with Crippen molar-refractivity contribution in [2.75, 3.05) is 25.9 Å². The molecule has 0 spiro atoms. The number of thioether (sulfide) groups is 1. The summed E-state index contributed by atoms with van der Waals surface area (Å²) in [5, 5.41) is 9.20. The Kier molecular flexibility index (Phi) is 4.70. The molecule has 92 valence electrons. The van der Waals surface area contributed by atoms with Crippen molar-refractivity contribution in [3.63, 3.8) is 0 Å². The normalized spacial score (nSPS) is 21.7. The molecule has 0 aromatic rings. The van der Waals surface area contributed by atoms with Crippen molar-refractivity contribution in [1.82, 2.24) is 4.90 Å². The van der Waals surface area contributed by atoms with E-state index in [1.807, 2.05) is 0 Å². The Bertz CT molecular complexity index is 254. The predicted molar refractivity (Wildman–Crippen MR) is 71.6 cm³/mol. The van der Waals surface area contributed by atoms with E-state index >= 15 is 0 Å². The number of nitriles is 1. The predicted octanol–water partition coefficient (Wildman–Crippen LogP) is 3.14. The van der Waals surface area contributed by atoms with E-state index in [2.05, 4.69) is 38.0 Å². The third-order valence-electron chi connectivity index (χ3n) is 3.44. The first-order valence-corrected chi connectivity index (χ1v) is 7.32. The van der Waals surface area contributed by atoms with Crippen LogP contribution in [0.5, 0.6) is 0 Å². The maximum absolute atomic E-state index is 9.20. The monoisotopic (exact) mass is 240 g/mol. The molecule has 0 aromatic heterocycles. The van der Waals surface area contributed by atoms with Crippen LogP contribution in [0.3, 0.4) is 0 Å². The third-order valence-corrected chi connectivity index (χ3v) is 4.72. The molecule has 0 aliphatic carbocycles. The number of hydrogen-bond donors (Lipinski definition) is 0. The van der Waals surface area contributed by atoms with Crippen molar-refractivity contribution in [2.45, 2.75) is 44.8 Å². The second kappa shape index (κ2) is 5.42. The second-order valence-electron chi connectivity index (χ2n) is 5.96. The smallest absolute Gasteiger partial charge is 0.104 e. The molecule has 1 saturated heterocycles. The van der Waals surface area contributed by atoms with Crippen LogP contribution in [-0.2, 0) is 0 Å². The van der Waals surface area contributed by atoms with E-state index in [1.165, 1.54) is 13.0 Å². The zero-order valence-corrected chi connectivity index (χ0v) is 11.9. The van der Waals surface area contributed by atoms with Crippen molar-refractivity contribution in [1.29, 1.82) is 5.26 Å². The molecule has 0 atom stereocenters. The molecule has 16 heavy (non-hydrogen) atoms. The molecule has 0 N–H and O–H groups in total. The van der Waals surface area contributed by atoms with Crippen LogP contribution in [0, 0.1) is 16.7 Å². The van der Waals surface area contributed by atoms with Crippen molar-refractivity contribution in [2.24, 2.45) is 5.41 Å². The van der Waals surface area contributed by atoms with Crippen LogP contribution >= 0.6 is 11.8 Å². The average molecular weight is 240 g/mol. The van der Waals surface area contributed by atoms with Crippen LogP contribution in [0.2, 0.25) is 0 Å². The first-order chi connectivity index (χ1) is 7.41. The summed E-state index contributed by atoms with van der Waals surface area (Å²) in [4.78, 5) is 2.51. The van der Waals surface area contributed by atoms with Gasteiger partial charge in [-0.05, 0) is 37.5 Å². The van der Waals surface area contributed by atoms with Gasteiger partial charge in [0.2, 0.25) is 0 Å². The summed E-state index contributed by atoms with van der Waals surface area (Å²) in [5.41, 5.74) is 0.420. The lowest BCUT2D eigenvalue weighted by molar-refractivity contribution is 0.188. The Morgan fingerprint density at radius 3 is 2.25 bits per heavy atom. The molecular formula is C13H24N2S. The van der Waals surface area contributed by atoms with Crippen LogP contribution in [0.25, 0.3) is 0 Å². The highest BCUT2D eigenvalue weighted by atomic mass is 32.2. The van der Waals surface area contributed by atoms with Gasteiger partial charge in [-0.2, -0.15) is 5.26 Å². The fourth-order valence-electron chi connectivity index (χ4n) is 1.99. The fourth-order valence-corrected chi connectivity index (χ4v) is 2.68. The van der Waals surface area contributed by atoms with E-state index in [-0.39, 0.29) is 4.75 Å². The molecule has 1 aliphatic rings. The minimum Gasteiger partial charge on any atom is -0.303 e. The summed E-state index contributed by atoms with van der Waals surface area (Å²) < 4.78 is -0.0990. The Morgan fingerprint density at radius 1 is 1.31 bits per heavy atom. The molecule has 0 aromatic carbocycles. The van der Waals surface area contributed by atoms with Crippen LogP contribution in [0.1, 0.15) is 40.0 Å². The molecule has 0 unspecified atom stereocenters. The fraction of sp³-hybridized carbons (Fsp3) is 0.923. The Hall–Kier alpha value is -0.200. The summed E-state index contributed by atoms with van der Waals surface area (Å²) in [6.07, 6.45) is 5.35. The van der Waals surface area contributed by atoms with Gasteiger partial charge in [0.25, 0.3) is 0 Å². The van der Waals surface area contributed by atoms with Gasteiger partial charge in [-0.3, -0.25) is 0 Å². The standard InChI is InChI=1S/C13H24N2S/c1-12(2,3)5-8-15-9-6-13(11-14,16-4)7-10-15/h5-10H2,1-4H3. The molecule has 1 heterocycles. The highest BCUT2D eigenvalue weighted by Crippen LogP contribution is 2.34. The van der Waals surface area contributed by atoms with Crippen molar-refractivity contribution in [3.8, 4) is 6.07 Å². The van der Waals surface area contributed by atoms with Gasteiger partial charge < -0.3 is 4.90 Å². The van der Waals surface area contributed by atoms with Gasteiger partial charge >= 0.3 is 0 Å². The van der Waals surface area contributed by atoms with E-state index in [4.69, 9.17) is 0 Å². The lowest BCUT2D eigenvalue weighted by atomic mass is 9.91. The van der Waals surface area contributed by atoms with Gasteiger partial charge in [0, 0.05) is 13.1 Å². The molecule has 1 fully saturated rings. The first kappa shape index (κ1) is 13.9. The maximum atomic E-state index is 9.20. The van der Waals surface area contributed by atoms with Gasteiger partial charge in [0.05, 0.1) is 6.07 Å². The number of piperidine rings is 1. The van der Waals surface area contributed by atoms with Crippen molar-refractivity contribution < 1.29 is 0 Å². The van der Waals surface area contributed by atoms with Gasteiger partial charge in [0.1, 0.15) is 4.75 Å². The summed E-state index contributed by atoms with van der Waals surface area (Å²) >= 11 is 1.73. The molecule has 0 amide bonds. The largest absolute Gasteiger partial charge is 0.303 e. The quantitative estimate of drug-likeness (QED) is 0.758. The molecule has 3 heteroatoms. The topological polar surface area (TPSA) is 27.0 Å². The number of hydrogen-bond acceptors (Lipinski definition) is 3. The molecule has 0 saturated carbocycles. The summed E-state index contributed by atoms with van der Waals surface area (Å²) in [5.74, 6) is 0. The lowest BCUT2D eigenvalue weighted by Gasteiger charge is -2.37. The summed E-state index contributed by atoms with van der Waals surface area (Å²) in [6, 6.07) is 2.50. The zero-order valence-electron chi connectivity index (χ0n) is 11.0. The van der Waals surface area contributed by atoms with Gasteiger partial charge in [0.15, 0.2) is 0 Å². The zero-order chi connectivity index (χ0) is 12.2.